The molecule has 2 aliphatic carbocycles. The van der Waals surface area contributed by atoms with Gasteiger partial charge in [-0.25, -0.2) is 0 Å². The van der Waals surface area contributed by atoms with Gasteiger partial charge in [-0.15, -0.1) is 6.58 Å². The van der Waals surface area contributed by atoms with Gasteiger partial charge in [0.15, 0.2) is 5.79 Å². The van der Waals surface area contributed by atoms with Crippen molar-refractivity contribution in [3.63, 3.8) is 0 Å². The van der Waals surface area contributed by atoms with E-state index in [4.69, 9.17) is 9.15 Å². The molecule has 1 N–H and O–H groups in total. The van der Waals surface area contributed by atoms with E-state index in [0.717, 1.165) is 32.1 Å². The zero-order valence-electron chi connectivity index (χ0n) is 13.6. The average molecular weight is 302 g/mol. The van der Waals surface area contributed by atoms with Crippen LogP contribution in [0.15, 0.2) is 29.6 Å². The summed E-state index contributed by atoms with van der Waals surface area (Å²) in [4.78, 5) is 0. The van der Waals surface area contributed by atoms with Crippen molar-refractivity contribution < 1.29 is 14.3 Å². The molecule has 0 radical (unpaired) electrons. The SMILES string of the molecule is C=C[C@@]1(C)CC[C@H]2[C@@](O)(CCC3c4cocc4CC[C@@]32C)O1. The first-order valence-corrected chi connectivity index (χ1v) is 8.51. The molecule has 3 nitrogen and oxygen atoms in total. The van der Waals surface area contributed by atoms with Crippen molar-refractivity contribution in [2.24, 2.45) is 11.3 Å². The Morgan fingerprint density at radius 1 is 1.23 bits per heavy atom. The fourth-order valence-electron chi connectivity index (χ4n) is 5.43. The minimum absolute atomic E-state index is 0.0897. The molecule has 1 aliphatic heterocycles. The molecule has 5 atom stereocenters. The standard InChI is InChI=1S/C19H26O3/c1-4-17(2)8-7-16-18(3)9-5-13-11-21-12-14(13)15(18)6-10-19(16,20)22-17/h4,11-12,15-16,20H,1,5-10H2,2-3H3/t15?,16-,17+,18+,19-/m1/s1. The first kappa shape index (κ1) is 14.5. The molecule has 4 rings (SSSR count). The zero-order chi connectivity index (χ0) is 15.6. The highest BCUT2D eigenvalue weighted by Gasteiger charge is 2.60. The highest BCUT2D eigenvalue weighted by molar-refractivity contribution is 5.33. The number of ether oxygens (including phenoxy) is 1. The van der Waals surface area contributed by atoms with Crippen LogP contribution in [-0.4, -0.2) is 16.5 Å². The Morgan fingerprint density at radius 3 is 2.82 bits per heavy atom. The van der Waals surface area contributed by atoms with Crippen LogP contribution < -0.4 is 0 Å². The van der Waals surface area contributed by atoms with Crippen LogP contribution in [0.2, 0.25) is 0 Å². The summed E-state index contributed by atoms with van der Waals surface area (Å²) in [5, 5.41) is 11.3. The fraction of sp³-hybridized carbons (Fsp3) is 0.684. The van der Waals surface area contributed by atoms with Gasteiger partial charge in [0.1, 0.15) is 0 Å². The normalized spacial score (nSPS) is 47.2. The molecule has 22 heavy (non-hydrogen) atoms. The Kier molecular flexibility index (Phi) is 2.96. The Balaban J connectivity index is 1.72. The second kappa shape index (κ2) is 4.48. The van der Waals surface area contributed by atoms with Gasteiger partial charge >= 0.3 is 0 Å². The lowest BCUT2D eigenvalue weighted by Gasteiger charge is -2.60. The Morgan fingerprint density at radius 2 is 2.05 bits per heavy atom. The van der Waals surface area contributed by atoms with E-state index < -0.39 is 11.4 Å². The van der Waals surface area contributed by atoms with Crippen LogP contribution in [0.1, 0.15) is 63.0 Å². The Bertz CT molecular complexity index is 606. The largest absolute Gasteiger partial charge is 0.472 e. The highest BCUT2D eigenvalue weighted by atomic mass is 16.6. The van der Waals surface area contributed by atoms with Crippen molar-refractivity contribution in [3.05, 3.63) is 36.3 Å². The van der Waals surface area contributed by atoms with Gasteiger partial charge in [0, 0.05) is 12.3 Å². The average Bonchev–Trinajstić information content (AvgIpc) is 2.94. The Labute approximate surface area is 132 Å². The van der Waals surface area contributed by atoms with Gasteiger partial charge in [0.25, 0.3) is 0 Å². The monoisotopic (exact) mass is 302 g/mol. The third-order valence-corrected chi connectivity index (χ3v) is 6.78. The second-order valence-electron chi connectivity index (χ2n) is 8.00. The summed E-state index contributed by atoms with van der Waals surface area (Å²) in [5.41, 5.74) is 2.42. The van der Waals surface area contributed by atoms with E-state index in [0.29, 0.717) is 12.3 Å². The fourth-order valence-corrected chi connectivity index (χ4v) is 5.43. The molecule has 1 aromatic rings. The van der Waals surface area contributed by atoms with E-state index in [2.05, 4.69) is 13.5 Å². The summed E-state index contributed by atoms with van der Waals surface area (Å²) in [6.07, 6.45) is 11.4. The van der Waals surface area contributed by atoms with Gasteiger partial charge in [-0.1, -0.05) is 13.0 Å². The number of hydrogen-bond acceptors (Lipinski definition) is 3. The topological polar surface area (TPSA) is 42.6 Å². The number of aliphatic hydroxyl groups is 1. The molecular formula is C19H26O3. The molecule has 1 aromatic heterocycles. The van der Waals surface area contributed by atoms with Crippen molar-refractivity contribution >= 4 is 0 Å². The first-order valence-electron chi connectivity index (χ1n) is 8.51. The lowest BCUT2D eigenvalue weighted by atomic mass is 9.51. The van der Waals surface area contributed by atoms with Gasteiger partial charge in [-0.05, 0) is 61.5 Å². The van der Waals surface area contributed by atoms with Crippen molar-refractivity contribution in [2.45, 2.75) is 69.7 Å². The van der Waals surface area contributed by atoms with Crippen molar-refractivity contribution in [1.29, 1.82) is 0 Å². The molecule has 0 amide bonds. The van der Waals surface area contributed by atoms with Gasteiger partial charge in [0.05, 0.1) is 18.1 Å². The Hall–Kier alpha value is -1.06. The summed E-state index contributed by atoms with van der Waals surface area (Å²) in [5.74, 6) is -0.333. The predicted molar refractivity (Wildman–Crippen MR) is 84.5 cm³/mol. The molecule has 1 saturated heterocycles. The third-order valence-electron chi connectivity index (χ3n) is 6.78. The number of hydrogen-bond donors (Lipinski definition) is 1. The molecule has 0 aromatic carbocycles. The van der Waals surface area contributed by atoms with Crippen LogP contribution >= 0.6 is 0 Å². The molecule has 2 fully saturated rings. The third kappa shape index (κ3) is 1.82. The second-order valence-corrected chi connectivity index (χ2v) is 8.00. The van der Waals surface area contributed by atoms with E-state index in [1.165, 1.54) is 11.1 Å². The maximum Gasteiger partial charge on any atom is 0.169 e. The molecule has 0 spiro atoms. The van der Waals surface area contributed by atoms with Crippen LogP contribution in [0.4, 0.5) is 0 Å². The number of fused-ring (bicyclic) bond motifs is 5. The predicted octanol–water partition coefficient (Wildman–Crippen LogP) is 4.17. The molecule has 1 unspecified atom stereocenters. The van der Waals surface area contributed by atoms with Gasteiger partial charge in [-0.3, -0.25) is 0 Å². The van der Waals surface area contributed by atoms with Crippen molar-refractivity contribution in [1.82, 2.24) is 0 Å². The molecule has 1 saturated carbocycles. The van der Waals surface area contributed by atoms with Crippen LogP contribution in [0.5, 0.6) is 0 Å². The van der Waals surface area contributed by atoms with Crippen molar-refractivity contribution in [3.8, 4) is 0 Å². The van der Waals surface area contributed by atoms with E-state index in [-0.39, 0.29) is 11.3 Å². The van der Waals surface area contributed by atoms with E-state index in [1.54, 1.807) is 0 Å². The van der Waals surface area contributed by atoms with Crippen molar-refractivity contribution in [2.75, 3.05) is 0 Å². The summed E-state index contributed by atoms with van der Waals surface area (Å²) < 4.78 is 11.7. The van der Waals surface area contributed by atoms with E-state index in [9.17, 15) is 5.11 Å². The first-order chi connectivity index (χ1) is 10.4. The van der Waals surface area contributed by atoms with E-state index in [1.807, 2.05) is 25.5 Å². The summed E-state index contributed by atoms with van der Waals surface area (Å²) in [6.45, 7) is 8.29. The zero-order valence-corrected chi connectivity index (χ0v) is 13.6. The summed E-state index contributed by atoms with van der Waals surface area (Å²) in [6, 6.07) is 0. The van der Waals surface area contributed by atoms with Crippen LogP contribution in [0.3, 0.4) is 0 Å². The minimum atomic E-state index is -1.01. The molecule has 120 valence electrons. The quantitative estimate of drug-likeness (QED) is 0.792. The lowest BCUT2D eigenvalue weighted by molar-refractivity contribution is -0.337. The lowest BCUT2D eigenvalue weighted by Crippen LogP contribution is -2.61. The van der Waals surface area contributed by atoms with Crippen LogP contribution in [0.25, 0.3) is 0 Å². The highest BCUT2D eigenvalue weighted by Crippen LogP contribution is 2.63. The smallest absolute Gasteiger partial charge is 0.169 e. The maximum atomic E-state index is 11.3. The number of furan rings is 1. The number of aryl methyl sites for hydroxylation is 1. The molecular weight excluding hydrogens is 276 g/mol. The molecule has 2 heterocycles. The molecule has 3 heteroatoms. The van der Waals surface area contributed by atoms with E-state index >= 15 is 0 Å². The van der Waals surface area contributed by atoms with Gasteiger partial charge in [0.2, 0.25) is 0 Å². The molecule has 3 aliphatic rings. The summed E-state index contributed by atoms with van der Waals surface area (Å²) >= 11 is 0. The van der Waals surface area contributed by atoms with Crippen LogP contribution in [0, 0.1) is 11.3 Å². The van der Waals surface area contributed by atoms with Crippen LogP contribution in [-0.2, 0) is 11.2 Å². The summed E-state index contributed by atoms with van der Waals surface area (Å²) in [7, 11) is 0. The maximum absolute atomic E-state index is 11.3. The number of rotatable bonds is 1. The van der Waals surface area contributed by atoms with Gasteiger partial charge < -0.3 is 14.3 Å². The minimum Gasteiger partial charge on any atom is -0.472 e. The molecule has 0 bridgehead atoms. The van der Waals surface area contributed by atoms with Gasteiger partial charge in [-0.2, -0.15) is 0 Å².